The van der Waals surface area contributed by atoms with Gasteiger partial charge in [0.2, 0.25) is 0 Å². The maximum Gasteiger partial charge on any atom is 0.0950 e. The van der Waals surface area contributed by atoms with Gasteiger partial charge in [0.15, 0.2) is 0 Å². The van der Waals surface area contributed by atoms with Crippen molar-refractivity contribution in [2.75, 3.05) is 40.8 Å². The highest BCUT2D eigenvalue weighted by molar-refractivity contribution is 4.84. The standard InChI is InChI=1S/C13H28N2O2/c1-13(2,17-5)12(16)10-15-8-6-11(7-9-15)14(3)4/h11-12,16H,6-10H2,1-5H3. The largest absolute Gasteiger partial charge is 0.389 e. The minimum Gasteiger partial charge on any atom is -0.389 e. The van der Waals surface area contributed by atoms with Crippen molar-refractivity contribution in [1.29, 1.82) is 0 Å². The first-order valence-electron chi connectivity index (χ1n) is 6.49. The molecule has 1 atom stereocenters. The molecule has 1 aliphatic rings. The van der Waals surface area contributed by atoms with E-state index in [0.29, 0.717) is 12.6 Å². The molecule has 17 heavy (non-hydrogen) atoms. The van der Waals surface area contributed by atoms with Crippen LogP contribution in [0.15, 0.2) is 0 Å². The van der Waals surface area contributed by atoms with E-state index < -0.39 is 11.7 Å². The Morgan fingerprint density at radius 2 is 1.88 bits per heavy atom. The average molecular weight is 244 g/mol. The molecule has 0 radical (unpaired) electrons. The van der Waals surface area contributed by atoms with E-state index in [2.05, 4.69) is 23.9 Å². The zero-order chi connectivity index (χ0) is 13.1. The molecule has 4 nitrogen and oxygen atoms in total. The van der Waals surface area contributed by atoms with E-state index in [1.54, 1.807) is 7.11 Å². The van der Waals surface area contributed by atoms with Gasteiger partial charge in [-0.05, 0) is 53.9 Å². The number of ether oxygens (including phenoxy) is 1. The molecular weight excluding hydrogens is 216 g/mol. The van der Waals surface area contributed by atoms with Crippen LogP contribution in [-0.2, 0) is 4.74 Å². The van der Waals surface area contributed by atoms with Gasteiger partial charge >= 0.3 is 0 Å². The average Bonchev–Trinajstić information content (AvgIpc) is 2.29. The smallest absolute Gasteiger partial charge is 0.0950 e. The Kier molecular flexibility index (Phi) is 5.38. The van der Waals surface area contributed by atoms with Crippen LogP contribution >= 0.6 is 0 Å². The number of likely N-dealkylation sites (tertiary alicyclic amines) is 1. The van der Waals surface area contributed by atoms with E-state index in [1.165, 1.54) is 12.8 Å². The first-order valence-corrected chi connectivity index (χ1v) is 6.49. The van der Waals surface area contributed by atoms with E-state index in [9.17, 15) is 5.11 Å². The third kappa shape index (κ3) is 4.21. The molecular formula is C13H28N2O2. The predicted octanol–water partition coefficient (Wildman–Crippen LogP) is 0.798. The Labute approximate surface area is 106 Å². The second-order valence-electron chi connectivity index (χ2n) is 5.82. The first kappa shape index (κ1) is 14.9. The molecule has 1 unspecified atom stereocenters. The number of hydrogen-bond acceptors (Lipinski definition) is 4. The van der Waals surface area contributed by atoms with Crippen LogP contribution in [0.25, 0.3) is 0 Å². The normalized spacial score (nSPS) is 22.1. The van der Waals surface area contributed by atoms with Gasteiger partial charge in [0.25, 0.3) is 0 Å². The Hall–Kier alpha value is -0.160. The van der Waals surface area contributed by atoms with Crippen LogP contribution in [0.3, 0.4) is 0 Å². The predicted molar refractivity (Wildman–Crippen MR) is 70.2 cm³/mol. The number of hydrogen-bond donors (Lipinski definition) is 1. The van der Waals surface area contributed by atoms with Gasteiger partial charge in [-0.2, -0.15) is 0 Å². The maximum atomic E-state index is 10.1. The molecule has 102 valence electrons. The van der Waals surface area contributed by atoms with Gasteiger partial charge in [0.05, 0.1) is 11.7 Å². The number of rotatable bonds is 5. The van der Waals surface area contributed by atoms with E-state index in [4.69, 9.17) is 4.74 Å². The minimum absolute atomic E-state index is 0.427. The van der Waals surface area contributed by atoms with Gasteiger partial charge in [-0.3, -0.25) is 0 Å². The fourth-order valence-corrected chi connectivity index (χ4v) is 2.22. The van der Waals surface area contributed by atoms with Crippen molar-refractivity contribution in [2.24, 2.45) is 0 Å². The van der Waals surface area contributed by atoms with Crippen LogP contribution < -0.4 is 0 Å². The first-order chi connectivity index (χ1) is 7.86. The molecule has 1 heterocycles. The lowest BCUT2D eigenvalue weighted by Crippen LogP contribution is -2.49. The summed E-state index contributed by atoms with van der Waals surface area (Å²) < 4.78 is 5.32. The number of aliphatic hydroxyl groups excluding tert-OH is 1. The molecule has 0 aromatic carbocycles. The van der Waals surface area contributed by atoms with E-state index in [1.807, 2.05) is 13.8 Å². The molecule has 1 rings (SSSR count). The zero-order valence-electron chi connectivity index (χ0n) is 11.9. The molecule has 0 bridgehead atoms. The number of β-amino-alcohol motifs (C(OH)–C–C–N with tert-alkyl or cyclic N) is 1. The Balaban J connectivity index is 2.35. The maximum absolute atomic E-state index is 10.1. The molecule has 1 aliphatic heterocycles. The third-order valence-corrected chi connectivity index (χ3v) is 4.05. The SMILES string of the molecule is COC(C)(C)C(O)CN1CCC(N(C)C)CC1. The molecule has 0 saturated carbocycles. The molecule has 0 amide bonds. The highest BCUT2D eigenvalue weighted by Gasteiger charge is 2.30. The molecule has 4 heteroatoms. The quantitative estimate of drug-likeness (QED) is 0.776. The zero-order valence-corrected chi connectivity index (χ0v) is 11.9. The highest BCUT2D eigenvalue weighted by atomic mass is 16.5. The minimum atomic E-state index is -0.460. The third-order valence-electron chi connectivity index (χ3n) is 4.05. The summed E-state index contributed by atoms with van der Waals surface area (Å²) in [5.74, 6) is 0. The Morgan fingerprint density at radius 3 is 2.29 bits per heavy atom. The molecule has 0 spiro atoms. The lowest BCUT2D eigenvalue weighted by molar-refractivity contribution is -0.0899. The van der Waals surface area contributed by atoms with Crippen molar-refractivity contribution >= 4 is 0 Å². The monoisotopic (exact) mass is 244 g/mol. The van der Waals surface area contributed by atoms with Gasteiger partial charge in [-0.1, -0.05) is 0 Å². The summed E-state index contributed by atoms with van der Waals surface area (Å²) >= 11 is 0. The lowest BCUT2D eigenvalue weighted by Gasteiger charge is -2.38. The second kappa shape index (κ2) is 6.14. The van der Waals surface area contributed by atoms with Crippen molar-refractivity contribution in [3.63, 3.8) is 0 Å². The fraction of sp³-hybridized carbons (Fsp3) is 1.00. The van der Waals surface area contributed by atoms with Crippen molar-refractivity contribution in [3.05, 3.63) is 0 Å². The lowest BCUT2D eigenvalue weighted by atomic mass is 9.98. The summed E-state index contributed by atoms with van der Waals surface area (Å²) in [6, 6.07) is 0.693. The molecule has 1 fully saturated rings. The van der Waals surface area contributed by atoms with Crippen LogP contribution in [0.1, 0.15) is 26.7 Å². The fourth-order valence-electron chi connectivity index (χ4n) is 2.22. The molecule has 1 saturated heterocycles. The van der Waals surface area contributed by atoms with Crippen molar-refractivity contribution in [2.45, 2.75) is 44.4 Å². The Bertz CT molecular complexity index is 223. The summed E-state index contributed by atoms with van der Waals surface area (Å²) in [4.78, 5) is 4.64. The molecule has 0 aliphatic carbocycles. The van der Waals surface area contributed by atoms with E-state index in [-0.39, 0.29) is 0 Å². The highest BCUT2D eigenvalue weighted by Crippen LogP contribution is 2.18. The number of aliphatic hydroxyl groups is 1. The van der Waals surface area contributed by atoms with Gasteiger partial charge in [-0.25, -0.2) is 0 Å². The van der Waals surface area contributed by atoms with E-state index >= 15 is 0 Å². The van der Waals surface area contributed by atoms with Crippen LogP contribution in [-0.4, -0.2) is 73.5 Å². The summed E-state index contributed by atoms with van der Waals surface area (Å²) in [6.45, 7) is 6.72. The Morgan fingerprint density at radius 1 is 1.35 bits per heavy atom. The van der Waals surface area contributed by atoms with Gasteiger partial charge in [0, 0.05) is 19.7 Å². The summed E-state index contributed by atoms with van der Waals surface area (Å²) in [6.07, 6.45) is 1.95. The van der Waals surface area contributed by atoms with Crippen molar-refractivity contribution < 1.29 is 9.84 Å². The molecule has 0 aromatic heterocycles. The molecule has 0 aromatic rings. The van der Waals surface area contributed by atoms with Gasteiger partial charge < -0.3 is 19.6 Å². The van der Waals surface area contributed by atoms with Crippen molar-refractivity contribution in [3.8, 4) is 0 Å². The van der Waals surface area contributed by atoms with E-state index in [0.717, 1.165) is 13.1 Å². The van der Waals surface area contributed by atoms with Gasteiger partial charge in [-0.15, -0.1) is 0 Å². The molecule has 1 N–H and O–H groups in total. The van der Waals surface area contributed by atoms with Crippen LogP contribution in [0.4, 0.5) is 0 Å². The van der Waals surface area contributed by atoms with Gasteiger partial charge in [0.1, 0.15) is 0 Å². The number of piperidine rings is 1. The number of methoxy groups -OCH3 is 1. The van der Waals surface area contributed by atoms with Crippen LogP contribution in [0.5, 0.6) is 0 Å². The topological polar surface area (TPSA) is 35.9 Å². The van der Waals surface area contributed by atoms with Crippen LogP contribution in [0.2, 0.25) is 0 Å². The summed E-state index contributed by atoms with van der Waals surface area (Å²) in [5, 5.41) is 10.1. The summed E-state index contributed by atoms with van der Waals surface area (Å²) in [7, 11) is 5.94. The second-order valence-corrected chi connectivity index (χ2v) is 5.82. The summed E-state index contributed by atoms with van der Waals surface area (Å²) in [5.41, 5.74) is -0.460. The number of nitrogens with zero attached hydrogens (tertiary/aromatic N) is 2. The van der Waals surface area contributed by atoms with Crippen LogP contribution in [0, 0.1) is 0 Å². The van der Waals surface area contributed by atoms with Crippen molar-refractivity contribution in [1.82, 2.24) is 9.80 Å².